The van der Waals surface area contributed by atoms with E-state index in [1.54, 1.807) is 9.80 Å². The molecule has 0 saturated carbocycles. The smallest absolute Gasteiger partial charge is 0.416 e. The fraction of sp³-hybridized carbons (Fsp3) is 0.586. The van der Waals surface area contributed by atoms with Crippen LogP contribution in [0.15, 0.2) is 6.07 Å². The molecule has 2 aromatic heterocycles. The van der Waals surface area contributed by atoms with Gasteiger partial charge in [0, 0.05) is 35.3 Å². The lowest BCUT2D eigenvalue weighted by atomic mass is 10.1. The van der Waals surface area contributed by atoms with Crippen molar-refractivity contribution in [3.05, 3.63) is 29.1 Å². The summed E-state index contributed by atoms with van der Waals surface area (Å²) in [6, 6.07) is 2.20. The summed E-state index contributed by atoms with van der Waals surface area (Å²) in [5.41, 5.74) is 1.86. The first-order chi connectivity index (χ1) is 19.9. The first-order valence-corrected chi connectivity index (χ1v) is 17.1. The number of aromatic nitrogens is 2. The lowest BCUT2D eigenvalue weighted by Crippen LogP contribution is -2.48. The van der Waals surface area contributed by atoms with Crippen molar-refractivity contribution in [3.8, 4) is 0 Å². The zero-order valence-electron chi connectivity index (χ0n) is 25.3. The van der Waals surface area contributed by atoms with Crippen LogP contribution in [0.4, 0.5) is 32.6 Å². The highest BCUT2D eigenvalue weighted by molar-refractivity contribution is 14.1. The Balaban J connectivity index is 0.000000171. The number of hydrogen-bond donors (Lipinski definition) is 0. The number of carbonyl (C=O) groups is 2. The van der Waals surface area contributed by atoms with Crippen LogP contribution >= 0.6 is 68.4 Å². The van der Waals surface area contributed by atoms with Gasteiger partial charge in [0.25, 0.3) is 0 Å². The number of carbonyl (C=O) groups excluding carboxylic acids is 2. The first-order valence-electron chi connectivity index (χ1n) is 14.2. The average Bonchev–Trinajstić information content (AvgIpc) is 3.48. The zero-order valence-corrected chi connectivity index (χ0v) is 31.1. The number of pyridine rings is 2. The molecular weight excluding hydrogens is 821 g/mol. The number of halogens is 4. The van der Waals surface area contributed by atoms with E-state index in [2.05, 4.69) is 64.9 Å². The number of amides is 2. The van der Waals surface area contributed by atoms with E-state index in [1.165, 1.54) is 0 Å². The minimum absolute atomic E-state index is 0.101. The molecule has 2 amide bonds. The molecule has 43 heavy (non-hydrogen) atoms. The third-order valence-corrected chi connectivity index (χ3v) is 10.6. The molecule has 4 aliphatic heterocycles. The van der Waals surface area contributed by atoms with Gasteiger partial charge in [-0.2, -0.15) is 0 Å². The van der Waals surface area contributed by atoms with Crippen LogP contribution in [0.1, 0.15) is 59.9 Å². The first kappa shape index (κ1) is 32.9. The van der Waals surface area contributed by atoms with Crippen molar-refractivity contribution in [2.75, 3.05) is 45.8 Å². The quantitative estimate of drug-likeness (QED) is 0.197. The predicted octanol–water partition coefficient (Wildman–Crippen LogP) is 7.66. The van der Waals surface area contributed by atoms with Crippen LogP contribution in [-0.2, 0) is 9.47 Å². The lowest BCUT2D eigenvalue weighted by Gasteiger charge is -2.37. The molecule has 0 aliphatic carbocycles. The zero-order chi connectivity index (χ0) is 31.6. The van der Waals surface area contributed by atoms with Gasteiger partial charge in [-0.3, -0.25) is 9.80 Å². The number of hydrogen-bond acceptors (Lipinski definition) is 8. The van der Waals surface area contributed by atoms with Gasteiger partial charge in [0.15, 0.2) is 11.6 Å². The molecule has 0 N–H and O–H groups in total. The molecule has 0 radical (unpaired) electrons. The van der Waals surface area contributed by atoms with Crippen molar-refractivity contribution in [2.24, 2.45) is 0 Å². The van der Waals surface area contributed by atoms with Crippen LogP contribution in [0.5, 0.6) is 0 Å². The van der Waals surface area contributed by atoms with E-state index in [9.17, 15) is 9.59 Å². The van der Waals surface area contributed by atoms with Crippen molar-refractivity contribution in [2.45, 2.75) is 84.6 Å². The van der Waals surface area contributed by atoms with Gasteiger partial charge < -0.3 is 19.3 Å². The molecule has 6 rings (SSSR count). The number of anilines is 4. The van der Waals surface area contributed by atoms with Crippen molar-refractivity contribution >= 4 is 104 Å². The average molecular weight is 857 g/mol. The molecule has 2 fully saturated rings. The van der Waals surface area contributed by atoms with E-state index >= 15 is 0 Å². The highest BCUT2D eigenvalue weighted by Gasteiger charge is 2.44. The molecule has 2 saturated heterocycles. The van der Waals surface area contributed by atoms with Crippen LogP contribution in [0.2, 0.25) is 10.3 Å². The Hall–Kier alpha value is -1.52. The highest BCUT2D eigenvalue weighted by Crippen LogP contribution is 2.45. The van der Waals surface area contributed by atoms with Gasteiger partial charge in [-0.15, -0.1) is 0 Å². The van der Waals surface area contributed by atoms with Crippen LogP contribution in [0.3, 0.4) is 0 Å². The summed E-state index contributed by atoms with van der Waals surface area (Å²) in [4.78, 5) is 42.1. The summed E-state index contributed by atoms with van der Waals surface area (Å²) < 4.78 is 13.1. The Bertz CT molecular complexity index is 1460. The standard InChI is InChI=1S/C15H19ClIN3O2.C14H17ClIN3O2/c1-8-10(17)11-13(18-12(8)16)20(9-5-6-19(11)7-9)14(21)22-15(2,3)4;1-14(2,3)21-13(20)19-8-4-5-18(7-8)10-6-9(16)11(15)17-12(10)19/h9H,5-7H2,1-4H3;6,8H,4-5,7H2,1-3H3/t9-;8-/m00/s1. The molecule has 10 nitrogen and oxygen atoms in total. The second-order valence-electron chi connectivity index (χ2n) is 13.1. The highest BCUT2D eigenvalue weighted by atomic mass is 127. The molecule has 6 heterocycles. The fourth-order valence-corrected chi connectivity index (χ4v) is 7.39. The molecule has 0 spiro atoms. The molecule has 4 bridgehead atoms. The third-order valence-electron chi connectivity index (χ3n) is 7.51. The van der Waals surface area contributed by atoms with Crippen molar-refractivity contribution in [1.29, 1.82) is 0 Å². The largest absolute Gasteiger partial charge is 0.443 e. The fourth-order valence-electron chi connectivity index (χ4n) is 5.67. The molecule has 0 unspecified atom stereocenters. The van der Waals surface area contributed by atoms with E-state index in [-0.39, 0.29) is 24.3 Å². The Morgan fingerprint density at radius 1 is 0.837 bits per heavy atom. The summed E-state index contributed by atoms with van der Waals surface area (Å²) in [7, 11) is 0. The predicted molar refractivity (Wildman–Crippen MR) is 187 cm³/mol. The Morgan fingerprint density at radius 2 is 1.33 bits per heavy atom. The molecule has 2 atom stereocenters. The topological polar surface area (TPSA) is 91.3 Å². The molecule has 2 aromatic rings. The maximum Gasteiger partial charge on any atom is 0.416 e. The normalized spacial score (nSPS) is 20.3. The number of fused-ring (bicyclic) bond motifs is 8. The maximum atomic E-state index is 12.7. The second kappa shape index (κ2) is 12.0. The van der Waals surface area contributed by atoms with Crippen LogP contribution in [-0.4, -0.2) is 71.6 Å². The van der Waals surface area contributed by atoms with Crippen molar-refractivity contribution in [1.82, 2.24) is 9.97 Å². The van der Waals surface area contributed by atoms with E-state index in [0.717, 1.165) is 63.1 Å². The number of nitrogens with zero attached hydrogens (tertiary/aromatic N) is 6. The van der Waals surface area contributed by atoms with Crippen molar-refractivity contribution < 1.29 is 19.1 Å². The van der Waals surface area contributed by atoms with Gasteiger partial charge in [-0.1, -0.05) is 23.2 Å². The monoisotopic (exact) mass is 856 g/mol. The molecular formula is C29H36Cl2I2N6O4. The van der Waals surface area contributed by atoms with E-state index in [1.807, 2.05) is 54.5 Å². The minimum Gasteiger partial charge on any atom is -0.443 e. The summed E-state index contributed by atoms with van der Waals surface area (Å²) >= 11 is 16.9. The van der Waals surface area contributed by atoms with E-state index in [0.29, 0.717) is 21.9 Å². The summed E-state index contributed by atoms with van der Waals surface area (Å²) in [6.07, 6.45) is 1.15. The molecule has 4 aliphatic rings. The SMILES string of the molecule is CC(C)(C)OC(=O)N1c2nc(Cl)c(I)cc2N2CC[C@H]1C2.Cc1c(Cl)nc2c(c1I)N1CC[C@@H](C1)N2C(=O)OC(C)(C)C. The third kappa shape index (κ3) is 6.71. The van der Waals surface area contributed by atoms with Crippen LogP contribution < -0.4 is 19.6 Å². The van der Waals surface area contributed by atoms with Crippen molar-refractivity contribution in [3.63, 3.8) is 0 Å². The minimum atomic E-state index is -0.533. The van der Waals surface area contributed by atoms with Gasteiger partial charge in [0.05, 0.1) is 27.0 Å². The molecule has 14 heteroatoms. The summed E-state index contributed by atoms with van der Waals surface area (Å²) in [5.74, 6) is 1.24. The van der Waals surface area contributed by atoms with Gasteiger partial charge in [-0.25, -0.2) is 19.6 Å². The van der Waals surface area contributed by atoms with Gasteiger partial charge >= 0.3 is 12.2 Å². The number of ether oxygens (including phenoxy) is 2. The molecule has 0 aromatic carbocycles. The van der Waals surface area contributed by atoms with E-state index in [4.69, 9.17) is 32.7 Å². The Kier molecular flexibility index (Phi) is 9.18. The van der Waals surface area contributed by atoms with Gasteiger partial charge in [0.1, 0.15) is 21.5 Å². The lowest BCUT2D eigenvalue weighted by molar-refractivity contribution is 0.0554. The van der Waals surface area contributed by atoms with Gasteiger partial charge in [0.2, 0.25) is 0 Å². The second-order valence-corrected chi connectivity index (χ2v) is 16.1. The van der Waals surface area contributed by atoms with E-state index < -0.39 is 11.2 Å². The summed E-state index contributed by atoms with van der Waals surface area (Å²) in [6.45, 7) is 16.7. The van der Waals surface area contributed by atoms with Crippen LogP contribution in [0, 0.1) is 14.1 Å². The van der Waals surface area contributed by atoms with Crippen LogP contribution in [0.25, 0.3) is 0 Å². The summed E-state index contributed by atoms with van der Waals surface area (Å²) in [5, 5.41) is 0.865. The van der Waals surface area contributed by atoms with Gasteiger partial charge in [-0.05, 0) is 113 Å². The Labute approximate surface area is 290 Å². The number of rotatable bonds is 0. The molecule has 234 valence electrons. The Morgan fingerprint density at radius 3 is 1.88 bits per heavy atom. The maximum absolute atomic E-state index is 12.7.